The Labute approximate surface area is 345 Å². The molecule has 1 aliphatic carbocycles. The van der Waals surface area contributed by atoms with Crippen molar-refractivity contribution >= 4 is 21.5 Å². The number of hydrogen-bond donors (Lipinski definition) is 0. The van der Waals surface area contributed by atoms with Crippen LogP contribution in [-0.2, 0) is 5.41 Å². The molecule has 9 aromatic carbocycles. The molecule has 0 fully saturated rings. The van der Waals surface area contributed by atoms with Gasteiger partial charge in [-0.3, -0.25) is 0 Å². The Morgan fingerprint density at radius 2 is 0.797 bits per heavy atom. The smallest absolute Gasteiger partial charge is 0.161 e. The van der Waals surface area contributed by atoms with Gasteiger partial charge in [-0.15, -0.1) is 0 Å². The maximum atomic E-state index is 5.34. The van der Waals surface area contributed by atoms with Gasteiger partial charge in [0, 0.05) is 22.1 Å². The summed E-state index contributed by atoms with van der Waals surface area (Å²) >= 11 is 0. The normalized spacial score (nSPS) is 12.7. The zero-order valence-electron chi connectivity index (χ0n) is 33.0. The molecule has 0 saturated heterocycles. The van der Waals surface area contributed by atoms with E-state index in [1.807, 2.05) is 0 Å². The summed E-state index contributed by atoms with van der Waals surface area (Å²) < 4.78 is 0. The minimum absolute atomic E-state index is 0.121. The van der Waals surface area contributed by atoms with Gasteiger partial charge in [-0.05, 0) is 101 Å². The number of nitrogens with zero attached hydrogens (tertiary/aromatic N) is 2. The molecule has 1 aromatic heterocycles. The van der Waals surface area contributed by atoms with Crippen LogP contribution < -0.4 is 0 Å². The largest absolute Gasteiger partial charge is 0.228 e. The highest BCUT2D eigenvalue weighted by atomic mass is 14.9. The van der Waals surface area contributed by atoms with E-state index in [-0.39, 0.29) is 5.41 Å². The van der Waals surface area contributed by atoms with Crippen LogP contribution >= 0.6 is 0 Å². The number of hydrogen-bond acceptors (Lipinski definition) is 2. The van der Waals surface area contributed by atoms with Crippen LogP contribution in [0.25, 0.3) is 100.0 Å². The summed E-state index contributed by atoms with van der Waals surface area (Å²) in [6.45, 7) is 4.73. The molecule has 2 nitrogen and oxygen atoms in total. The monoisotopic (exact) mass is 752 g/mol. The summed E-state index contributed by atoms with van der Waals surface area (Å²) in [6.07, 6.45) is 0. The van der Waals surface area contributed by atoms with Gasteiger partial charge < -0.3 is 0 Å². The van der Waals surface area contributed by atoms with Crippen LogP contribution in [0.5, 0.6) is 0 Å². The minimum Gasteiger partial charge on any atom is -0.228 e. The Balaban J connectivity index is 1.07. The van der Waals surface area contributed by atoms with E-state index < -0.39 is 0 Å². The molecule has 0 atom stereocenters. The summed E-state index contributed by atoms with van der Waals surface area (Å²) in [4.78, 5) is 10.7. The topological polar surface area (TPSA) is 25.8 Å². The summed E-state index contributed by atoms with van der Waals surface area (Å²) in [6, 6.07) is 74.3. The van der Waals surface area contributed by atoms with Crippen molar-refractivity contribution in [2.75, 3.05) is 0 Å². The van der Waals surface area contributed by atoms with Crippen LogP contribution in [0, 0.1) is 0 Å². The van der Waals surface area contributed by atoms with Gasteiger partial charge in [0.25, 0.3) is 0 Å². The average molecular weight is 753 g/mol. The van der Waals surface area contributed by atoms with Gasteiger partial charge in [0.1, 0.15) is 0 Å². The molecular formula is C57H40N2. The van der Waals surface area contributed by atoms with E-state index in [4.69, 9.17) is 9.97 Å². The Hall–Kier alpha value is -7.42. The summed E-state index contributed by atoms with van der Waals surface area (Å²) in [7, 11) is 0. The Morgan fingerprint density at radius 3 is 1.39 bits per heavy atom. The van der Waals surface area contributed by atoms with Gasteiger partial charge in [-0.25, -0.2) is 9.97 Å². The molecule has 2 heteroatoms. The van der Waals surface area contributed by atoms with E-state index in [1.54, 1.807) is 0 Å². The second kappa shape index (κ2) is 13.9. The SMILES string of the molecule is CC1(C)c2cc3ccccc3cc2-c2c(-c3ccc(-c4nc(-c5ccc(-c6ccccc6)cc5)cc(-c5ccc(-c6ccccc6)cc5)n4)c4ccccc34)cccc21. The van der Waals surface area contributed by atoms with Crippen LogP contribution in [0.4, 0.5) is 0 Å². The number of aromatic nitrogens is 2. The molecule has 0 amide bonds. The van der Waals surface area contributed by atoms with E-state index in [9.17, 15) is 0 Å². The van der Waals surface area contributed by atoms with Crippen molar-refractivity contribution in [2.24, 2.45) is 0 Å². The summed E-state index contributed by atoms with van der Waals surface area (Å²) in [5.41, 5.74) is 17.3. The zero-order chi connectivity index (χ0) is 39.5. The highest BCUT2D eigenvalue weighted by Crippen LogP contribution is 2.54. The van der Waals surface area contributed by atoms with Crippen LogP contribution in [0.2, 0.25) is 0 Å². The molecule has 11 rings (SSSR count). The first kappa shape index (κ1) is 34.8. The van der Waals surface area contributed by atoms with Crippen molar-refractivity contribution in [3.05, 3.63) is 217 Å². The first-order valence-electron chi connectivity index (χ1n) is 20.4. The molecule has 59 heavy (non-hydrogen) atoms. The molecule has 0 aliphatic heterocycles. The summed E-state index contributed by atoms with van der Waals surface area (Å²) in [5.74, 6) is 0.704. The molecule has 0 spiro atoms. The molecule has 0 N–H and O–H groups in total. The van der Waals surface area contributed by atoms with E-state index in [2.05, 4.69) is 220 Å². The van der Waals surface area contributed by atoms with Gasteiger partial charge in [0.15, 0.2) is 5.82 Å². The van der Waals surface area contributed by atoms with Crippen molar-refractivity contribution in [3.8, 4) is 78.4 Å². The second-order valence-electron chi connectivity index (χ2n) is 16.2. The molecule has 0 bridgehead atoms. The first-order chi connectivity index (χ1) is 29.0. The van der Waals surface area contributed by atoms with Gasteiger partial charge in [-0.2, -0.15) is 0 Å². The molecule has 0 radical (unpaired) electrons. The van der Waals surface area contributed by atoms with Gasteiger partial charge in [0.05, 0.1) is 11.4 Å². The Bertz CT molecular complexity index is 3100. The lowest BCUT2D eigenvalue weighted by atomic mass is 9.81. The molecule has 1 aliphatic rings. The highest BCUT2D eigenvalue weighted by molar-refractivity contribution is 6.08. The lowest BCUT2D eigenvalue weighted by Crippen LogP contribution is -2.14. The molecule has 0 saturated carbocycles. The number of rotatable bonds is 6. The van der Waals surface area contributed by atoms with Crippen molar-refractivity contribution in [2.45, 2.75) is 19.3 Å². The third-order valence-electron chi connectivity index (χ3n) is 12.3. The van der Waals surface area contributed by atoms with Crippen molar-refractivity contribution in [1.82, 2.24) is 9.97 Å². The number of fused-ring (bicyclic) bond motifs is 5. The molecule has 0 unspecified atom stereocenters. The summed E-state index contributed by atoms with van der Waals surface area (Å²) in [5, 5.41) is 4.85. The Kier molecular flexibility index (Phi) is 8.20. The fourth-order valence-corrected chi connectivity index (χ4v) is 9.22. The van der Waals surface area contributed by atoms with Gasteiger partial charge >= 0.3 is 0 Å². The fraction of sp³-hybridized carbons (Fsp3) is 0.0526. The molecule has 1 heterocycles. The Morgan fingerprint density at radius 1 is 0.322 bits per heavy atom. The lowest BCUT2D eigenvalue weighted by molar-refractivity contribution is 0.661. The van der Waals surface area contributed by atoms with E-state index in [0.717, 1.165) is 33.5 Å². The second-order valence-corrected chi connectivity index (χ2v) is 16.2. The minimum atomic E-state index is -0.121. The van der Waals surface area contributed by atoms with E-state index in [0.29, 0.717) is 5.82 Å². The fourth-order valence-electron chi connectivity index (χ4n) is 9.22. The quantitative estimate of drug-likeness (QED) is 0.169. The van der Waals surface area contributed by atoms with Crippen molar-refractivity contribution in [3.63, 3.8) is 0 Å². The maximum Gasteiger partial charge on any atom is 0.161 e. The first-order valence-corrected chi connectivity index (χ1v) is 20.4. The zero-order valence-corrected chi connectivity index (χ0v) is 33.0. The lowest BCUT2D eigenvalue weighted by Gasteiger charge is -2.22. The third-order valence-corrected chi connectivity index (χ3v) is 12.3. The maximum absolute atomic E-state index is 5.34. The van der Waals surface area contributed by atoms with Gasteiger partial charge in [-0.1, -0.05) is 196 Å². The predicted molar refractivity (Wildman–Crippen MR) is 247 cm³/mol. The van der Waals surface area contributed by atoms with Gasteiger partial charge in [0.2, 0.25) is 0 Å². The standard InChI is InChI=1S/C57H40N2/c1-57(2)51-23-13-22-48(55(51)50-34-43-18-9-10-19-44(43)35-52(50)57)47-32-33-49(46-21-12-11-20-45(46)47)56-58-53(41-28-24-39(25-29-41)37-14-5-3-6-15-37)36-54(59-56)42-30-26-40(27-31-42)38-16-7-4-8-17-38/h3-36H,1-2H3. The molecule has 10 aromatic rings. The van der Waals surface area contributed by atoms with Crippen LogP contribution in [0.1, 0.15) is 25.0 Å². The van der Waals surface area contributed by atoms with Crippen LogP contribution in [0.3, 0.4) is 0 Å². The third kappa shape index (κ3) is 5.96. The van der Waals surface area contributed by atoms with Crippen LogP contribution in [0.15, 0.2) is 206 Å². The molecular weight excluding hydrogens is 713 g/mol. The highest BCUT2D eigenvalue weighted by Gasteiger charge is 2.37. The average Bonchev–Trinajstić information content (AvgIpc) is 3.53. The van der Waals surface area contributed by atoms with E-state index in [1.165, 1.54) is 71.8 Å². The van der Waals surface area contributed by atoms with Crippen molar-refractivity contribution in [1.29, 1.82) is 0 Å². The van der Waals surface area contributed by atoms with E-state index >= 15 is 0 Å². The number of benzene rings is 9. The van der Waals surface area contributed by atoms with Crippen LogP contribution in [-0.4, -0.2) is 9.97 Å². The van der Waals surface area contributed by atoms with Crippen molar-refractivity contribution < 1.29 is 0 Å². The molecule has 278 valence electrons. The predicted octanol–water partition coefficient (Wildman–Crippen LogP) is 15.1.